The second kappa shape index (κ2) is 60.6. The van der Waals surface area contributed by atoms with E-state index in [9.17, 15) is 14.4 Å². The molecule has 0 aliphatic heterocycles. The van der Waals surface area contributed by atoms with Gasteiger partial charge in [-0.25, -0.2) is 0 Å². The molecule has 0 spiro atoms. The fourth-order valence-corrected chi connectivity index (χ4v) is 8.18. The maximum absolute atomic E-state index is 12.8. The molecule has 6 nitrogen and oxygen atoms in total. The third-order valence-electron chi connectivity index (χ3n) is 12.7. The Morgan fingerprint density at radius 2 is 0.562 bits per heavy atom. The Hall–Kier alpha value is -3.93. The summed E-state index contributed by atoms with van der Waals surface area (Å²) in [5, 5.41) is 0. The van der Waals surface area contributed by atoms with Gasteiger partial charge in [-0.3, -0.25) is 14.4 Å². The number of carbonyl (C=O) groups is 3. The van der Waals surface area contributed by atoms with E-state index in [1.54, 1.807) is 0 Å². The molecule has 0 amide bonds. The average molecular weight is 1010 g/mol. The Morgan fingerprint density at radius 3 is 0.904 bits per heavy atom. The van der Waals surface area contributed by atoms with Crippen LogP contribution < -0.4 is 0 Å². The van der Waals surface area contributed by atoms with Crippen LogP contribution >= 0.6 is 0 Å². The van der Waals surface area contributed by atoms with Gasteiger partial charge in [-0.1, -0.05) is 246 Å². The molecule has 0 radical (unpaired) electrons. The van der Waals surface area contributed by atoms with Gasteiger partial charge in [0.05, 0.1) is 0 Å². The van der Waals surface area contributed by atoms with Gasteiger partial charge in [-0.2, -0.15) is 0 Å². The van der Waals surface area contributed by atoms with Crippen LogP contribution in [0, 0.1) is 0 Å². The first-order valence-corrected chi connectivity index (χ1v) is 30.4. The molecule has 73 heavy (non-hydrogen) atoms. The predicted octanol–water partition coefficient (Wildman–Crippen LogP) is 20.7. The molecule has 0 N–H and O–H groups in total. The smallest absolute Gasteiger partial charge is 0.306 e. The molecular weight excluding hydrogens is 901 g/mol. The summed E-state index contributed by atoms with van der Waals surface area (Å²) < 4.78 is 16.8. The van der Waals surface area contributed by atoms with E-state index in [-0.39, 0.29) is 31.1 Å². The van der Waals surface area contributed by atoms with Gasteiger partial charge >= 0.3 is 17.9 Å². The van der Waals surface area contributed by atoms with Gasteiger partial charge in [-0.15, -0.1) is 0 Å². The molecule has 0 aliphatic rings. The lowest BCUT2D eigenvalue weighted by Gasteiger charge is -2.18. The molecule has 1 atom stereocenters. The maximum atomic E-state index is 12.8. The molecule has 6 heteroatoms. The predicted molar refractivity (Wildman–Crippen MR) is 316 cm³/mol. The van der Waals surface area contributed by atoms with Crippen molar-refractivity contribution in [2.24, 2.45) is 0 Å². The third kappa shape index (κ3) is 58.8. The summed E-state index contributed by atoms with van der Waals surface area (Å²) in [5.41, 5.74) is 0. The van der Waals surface area contributed by atoms with Crippen molar-refractivity contribution in [2.45, 2.75) is 284 Å². The van der Waals surface area contributed by atoms with Crippen LogP contribution in [0.3, 0.4) is 0 Å². The molecule has 0 rings (SSSR count). The minimum atomic E-state index is -0.785. The normalized spacial score (nSPS) is 12.9. The highest BCUT2D eigenvalue weighted by molar-refractivity contribution is 5.71. The molecule has 0 fully saturated rings. The zero-order valence-electron chi connectivity index (χ0n) is 47.6. The van der Waals surface area contributed by atoms with E-state index in [2.05, 4.69) is 130 Å². The lowest BCUT2D eigenvalue weighted by Crippen LogP contribution is -2.30. The largest absolute Gasteiger partial charge is 0.462 e. The molecule has 416 valence electrons. The second-order valence-corrected chi connectivity index (χ2v) is 19.9. The Balaban J connectivity index is 4.13. The Labute approximate surface area is 450 Å². The van der Waals surface area contributed by atoms with E-state index in [0.717, 1.165) is 128 Å². The highest BCUT2D eigenvalue weighted by Crippen LogP contribution is 2.15. The van der Waals surface area contributed by atoms with Gasteiger partial charge in [0, 0.05) is 19.3 Å². The Kier molecular flexibility index (Phi) is 57.4. The van der Waals surface area contributed by atoms with Crippen molar-refractivity contribution in [1.29, 1.82) is 0 Å². The number of rotatable bonds is 54. The van der Waals surface area contributed by atoms with Crippen LogP contribution in [0.15, 0.2) is 109 Å². The standard InChI is InChI=1S/C67H112O6/c1-4-7-10-13-16-19-22-24-25-26-27-28-29-30-31-32-33-34-35-36-37-38-39-40-41-42-43-44-46-48-51-54-57-60-66(69)72-63-64(62-71-65(68)59-56-53-50-47-21-18-15-12-9-6-3)73-67(70)61-58-55-52-49-45-23-20-17-14-11-8-5-2/h7,10,12,15-17,19-20,24-25,27-28,30-31,33-34,36-37,64H,4-6,8-9,11,13-14,18,21-23,26,29,32,35,38-63H2,1-3H3/b10-7-,15-12-,19-16-,20-17-,25-24-,28-27-,31-30-,34-33-,37-36-. The van der Waals surface area contributed by atoms with Gasteiger partial charge in [0.1, 0.15) is 13.2 Å². The number of carbonyl (C=O) groups excluding carboxylic acids is 3. The summed E-state index contributed by atoms with van der Waals surface area (Å²) in [7, 11) is 0. The molecule has 0 aliphatic carbocycles. The zero-order valence-corrected chi connectivity index (χ0v) is 47.6. The first-order valence-electron chi connectivity index (χ1n) is 30.4. The van der Waals surface area contributed by atoms with Crippen molar-refractivity contribution in [1.82, 2.24) is 0 Å². The van der Waals surface area contributed by atoms with Crippen LogP contribution in [0.25, 0.3) is 0 Å². The summed E-state index contributed by atoms with van der Waals surface area (Å²) in [6, 6.07) is 0. The first-order chi connectivity index (χ1) is 36.0. The molecule has 0 aromatic carbocycles. The minimum absolute atomic E-state index is 0.0850. The summed E-state index contributed by atoms with van der Waals surface area (Å²) in [4.78, 5) is 38.0. The van der Waals surface area contributed by atoms with Crippen LogP contribution in [-0.4, -0.2) is 37.2 Å². The molecule has 0 saturated heterocycles. The van der Waals surface area contributed by atoms with Crippen LogP contribution in [0.5, 0.6) is 0 Å². The topological polar surface area (TPSA) is 78.9 Å². The number of ether oxygens (including phenoxy) is 3. The van der Waals surface area contributed by atoms with Crippen molar-refractivity contribution >= 4 is 17.9 Å². The van der Waals surface area contributed by atoms with E-state index in [1.807, 2.05) is 0 Å². The van der Waals surface area contributed by atoms with Crippen LogP contribution in [0.2, 0.25) is 0 Å². The number of esters is 3. The highest BCUT2D eigenvalue weighted by atomic mass is 16.6. The van der Waals surface area contributed by atoms with E-state index in [1.165, 1.54) is 109 Å². The van der Waals surface area contributed by atoms with Crippen molar-refractivity contribution in [2.75, 3.05) is 13.2 Å². The van der Waals surface area contributed by atoms with E-state index < -0.39 is 6.10 Å². The maximum Gasteiger partial charge on any atom is 0.306 e. The van der Waals surface area contributed by atoms with Gasteiger partial charge < -0.3 is 14.2 Å². The fourth-order valence-electron chi connectivity index (χ4n) is 8.18. The zero-order chi connectivity index (χ0) is 52.9. The minimum Gasteiger partial charge on any atom is -0.462 e. The van der Waals surface area contributed by atoms with Crippen LogP contribution in [0.1, 0.15) is 278 Å². The summed E-state index contributed by atoms with van der Waals surface area (Å²) >= 11 is 0. The SMILES string of the molecule is CC/C=C\C/C=C\C/C=C\C/C=C\C/C=C\C/C=C\C/C=C\CCCCCCCCCCCCCC(=O)OCC(COC(=O)CCCCCCC/C=C\CCC)OC(=O)CCCCCCC/C=C\CCCCC. The Bertz CT molecular complexity index is 1490. The van der Waals surface area contributed by atoms with Crippen molar-refractivity contribution in [3.63, 3.8) is 0 Å². The van der Waals surface area contributed by atoms with E-state index in [0.29, 0.717) is 19.3 Å². The first kappa shape index (κ1) is 69.1. The van der Waals surface area contributed by atoms with Gasteiger partial charge in [0.2, 0.25) is 0 Å². The summed E-state index contributed by atoms with van der Waals surface area (Å²) in [6.07, 6.45) is 82.5. The van der Waals surface area contributed by atoms with Crippen LogP contribution in [-0.2, 0) is 28.6 Å². The number of allylic oxidation sites excluding steroid dienone is 18. The number of hydrogen-bond acceptors (Lipinski definition) is 6. The molecule has 0 aromatic heterocycles. The second-order valence-electron chi connectivity index (χ2n) is 19.9. The quantitative estimate of drug-likeness (QED) is 0.0261. The lowest BCUT2D eigenvalue weighted by molar-refractivity contribution is -0.167. The Morgan fingerprint density at radius 1 is 0.288 bits per heavy atom. The number of hydrogen-bond donors (Lipinski definition) is 0. The van der Waals surface area contributed by atoms with Gasteiger partial charge in [0.15, 0.2) is 6.10 Å². The molecule has 0 bridgehead atoms. The van der Waals surface area contributed by atoms with Crippen molar-refractivity contribution in [3.8, 4) is 0 Å². The molecule has 0 aromatic rings. The number of unbranched alkanes of at least 4 members (excludes halogenated alkanes) is 25. The molecular formula is C67H112O6. The van der Waals surface area contributed by atoms with Gasteiger partial charge in [-0.05, 0) is 122 Å². The summed E-state index contributed by atoms with van der Waals surface area (Å²) in [6.45, 7) is 6.42. The van der Waals surface area contributed by atoms with E-state index >= 15 is 0 Å². The van der Waals surface area contributed by atoms with Crippen molar-refractivity contribution in [3.05, 3.63) is 109 Å². The average Bonchev–Trinajstić information content (AvgIpc) is 3.39. The molecule has 0 saturated carbocycles. The lowest BCUT2D eigenvalue weighted by atomic mass is 10.0. The molecule has 0 heterocycles. The van der Waals surface area contributed by atoms with Crippen molar-refractivity contribution < 1.29 is 28.6 Å². The molecule has 1 unspecified atom stereocenters. The summed E-state index contributed by atoms with van der Waals surface area (Å²) in [5.74, 6) is -0.907. The monoisotopic (exact) mass is 1010 g/mol. The van der Waals surface area contributed by atoms with E-state index in [4.69, 9.17) is 14.2 Å². The van der Waals surface area contributed by atoms with Gasteiger partial charge in [0.25, 0.3) is 0 Å². The fraction of sp³-hybridized carbons (Fsp3) is 0.687. The van der Waals surface area contributed by atoms with Crippen LogP contribution in [0.4, 0.5) is 0 Å². The highest BCUT2D eigenvalue weighted by Gasteiger charge is 2.19. The third-order valence-corrected chi connectivity index (χ3v) is 12.7.